The normalized spacial score (nSPS) is 12.6. The Balaban J connectivity index is 1.97. The van der Waals surface area contributed by atoms with Crippen molar-refractivity contribution in [2.75, 3.05) is 6.61 Å². The number of rotatable bonds is 7. The average Bonchev–Trinajstić information content (AvgIpc) is 3.00. The number of hydrogen-bond acceptors (Lipinski definition) is 6. The van der Waals surface area contributed by atoms with E-state index < -0.39 is 34.4 Å². The van der Waals surface area contributed by atoms with E-state index in [0.29, 0.717) is 9.21 Å². The van der Waals surface area contributed by atoms with E-state index >= 15 is 0 Å². The average molecular weight is 457 g/mol. The van der Waals surface area contributed by atoms with Gasteiger partial charge in [0.2, 0.25) is 15.8 Å². The van der Waals surface area contributed by atoms with Gasteiger partial charge in [-0.15, -0.1) is 11.3 Å². The minimum atomic E-state index is -4.03. The minimum absolute atomic E-state index is 0.0602. The molecule has 0 radical (unpaired) electrons. The molecular weight excluding hydrogens is 445 g/mol. The molecule has 2 rings (SSSR count). The molecule has 0 bridgehead atoms. The van der Waals surface area contributed by atoms with Crippen molar-refractivity contribution < 1.29 is 22.7 Å². The SMILES string of the molecule is CC(NS(=O)(=O)c1ccc(Cl)c(Cl)c1)C(=O)OCC(=O)c1ccc(Cl)s1. The summed E-state index contributed by atoms with van der Waals surface area (Å²) >= 11 is 18.3. The van der Waals surface area contributed by atoms with Crippen LogP contribution in [-0.4, -0.2) is 32.8 Å². The first kappa shape index (κ1) is 21.1. The molecule has 0 fully saturated rings. The van der Waals surface area contributed by atoms with Gasteiger partial charge in [-0.3, -0.25) is 9.59 Å². The highest BCUT2D eigenvalue weighted by molar-refractivity contribution is 7.89. The lowest BCUT2D eigenvalue weighted by Gasteiger charge is -2.13. The Labute approximate surface area is 169 Å². The number of carbonyl (C=O) groups is 2. The smallest absolute Gasteiger partial charge is 0.324 e. The van der Waals surface area contributed by atoms with Gasteiger partial charge in [0.25, 0.3) is 0 Å². The summed E-state index contributed by atoms with van der Waals surface area (Å²) in [6.07, 6.45) is 0. The molecular formula is C15H12Cl3NO5S2. The first-order valence-corrected chi connectivity index (χ1v) is 10.5. The van der Waals surface area contributed by atoms with Gasteiger partial charge in [-0.05, 0) is 37.3 Å². The summed E-state index contributed by atoms with van der Waals surface area (Å²) in [4.78, 5) is 24.0. The fraction of sp³-hybridized carbons (Fsp3) is 0.200. The summed E-state index contributed by atoms with van der Waals surface area (Å²) in [6, 6.07) is 5.59. The number of halogens is 3. The van der Waals surface area contributed by atoms with Crippen LogP contribution in [0.25, 0.3) is 0 Å². The molecule has 0 aliphatic rings. The quantitative estimate of drug-likeness (QED) is 0.505. The van der Waals surface area contributed by atoms with E-state index in [2.05, 4.69) is 4.72 Å². The van der Waals surface area contributed by atoms with Crippen LogP contribution in [0.5, 0.6) is 0 Å². The Hall–Kier alpha value is -1.16. The van der Waals surface area contributed by atoms with Crippen molar-refractivity contribution in [3.05, 3.63) is 49.6 Å². The standard InChI is InChI=1S/C15H12Cl3NO5S2/c1-8(15(21)24-7-12(20)13-4-5-14(18)25-13)19-26(22,23)9-2-3-10(16)11(17)6-9/h2-6,8,19H,7H2,1H3. The maximum absolute atomic E-state index is 12.3. The van der Waals surface area contributed by atoms with Gasteiger partial charge in [0.15, 0.2) is 6.61 Å². The Morgan fingerprint density at radius 3 is 2.42 bits per heavy atom. The number of ketones is 1. The first-order chi connectivity index (χ1) is 12.1. The van der Waals surface area contributed by atoms with Crippen molar-refractivity contribution in [3.8, 4) is 0 Å². The molecule has 1 atom stereocenters. The zero-order chi connectivity index (χ0) is 19.5. The third-order valence-electron chi connectivity index (χ3n) is 3.08. The molecule has 0 spiro atoms. The van der Waals surface area contributed by atoms with Gasteiger partial charge in [0.05, 0.1) is 24.2 Å². The minimum Gasteiger partial charge on any atom is -0.456 e. The lowest BCUT2D eigenvalue weighted by molar-refractivity contribution is -0.144. The lowest BCUT2D eigenvalue weighted by Crippen LogP contribution is -2.40. The predicted molar refractivity (Wildman–Crippen MR) is 101 cm³/mol. The van der Waals surface area contributed by atoms with Crippen LogP contribution in [0.4, 0.5) is 0 Å². The van der Waals surface area contributed by atoms with E-state index in [-0.39, 0.29) is 14.9 Å². The van der Waals surface area contributed by atoms with Crippen molar-refractivity contribution in [1.82, 2.24) is 4.72 Å². The number of ether oxygens (including phenoxy) is 1. The second-order valence-electron chi connectivity index (χ2n) is 5.05. The number of Topliss-reactive ketones (excluding diaryl/α,β-unsaturated/α-hetero) is 1. The van der Waals surface area contributed by atoms with Gasteiger partial charge in [0, 0.05) is 0 Å². The third-order valence-corrected chi connectivity index (χ3v) is 6.63. The highest BCUT2D eigenvalue weighted by Gasteiger charge is 2.24. The number of esters is 1. The second-order valence-corrected chi connectivity index (χ2v) is 9.30. The van der Waals surface area contributed by atoms with Crippen molar-refractivity contribution in [2.24, 2.45) is 0 Å². The maximum atomic E-state index is 12.3. The molecule has 1 aromatic carbocycles. The highest BCUT2D eigenvalue weighted by atomic mass is 35.5. The third kappa shape index (κ3) is 5.42. The summed E-state index contributed by atoms with van der Waals surface area (Å²) in [5.74, 6) is -1.33. The summed E-state index contributed by atoms with van der Waals surface area (Å²) in [5.41, 5.74) is 0. The van der Waals surface area contributed by atoms with E-state index in [4.69, 9.17) is 39.5 Å². The Bertz CT molecular complexity index is 943. The highest BCUT2D eigenvalue weighted by Crippen LogP contribution is 2.25. The number of hydrogen-bond donors (Lipinski definition) is 1. The molecule has 0 aliphatic carbocycles. The number of thiophene rings is 1. The predicted octanol–water partition coefficient (Wildman–Crippen LogP) is 3.80. The summed E-state index contributed by atoms with van der Waals surface area (Å²) in [5, 5.41) is 0.259. The Morgan fingerprint density at radius 2 is 1.85 bits per heavy atom. The van der Waals surface area contributed by atoms with E-state index in [1.807, 2.05) is 0 Å². The molecule has 26 heavy (non-hydrogen) atoms. The molecule has 0 amide bonds. The Morgan fingerprint density at radius 1 is 1.15 bits per heavy atom. The van der Waals surface area contributed by atoms with Gasteiger partial charge in [-0.25, -0.2) is 8.42 Å². The molecule has 1 heterocycles. The molecule has 0 saturated heterocycles. The van der Waals surface area contributed by atoms with Crippen LogP contribution < -0.4 is 4.72 Å². The molecule has 0 saturated carbocycles. The van der Waals surface area contributed by atoms with Crippen LogP contribution >= 0.6 is 46.1 Å². The monoisotopic (exact) mass is 455 g/mol. The molecule has 0 aliphatic heterocycles. The number of benzene rings is 1. The molecule has 140 valence electrons. The molecule has 1 aromatic heterocycles. The van der Waals surface area contributed by atoms with Crippen molar-refractivity contribution in [2.45, 2.75) is 17.9 Å². The van der Waals surface area contributed by atoms with Gasteiger partial charge in [-0.2, -0.15) is 4.72 Å². The number of carbonyl (C=O) groups excluding carboxylic acids is 2. The topological polar surface area (TPSA) is 89.5 Å². The summed E-state index contributed by atoms with van der Waals surface area (Å²) < 4.78 is 32.0. The molecule has 1 unspecified atom stereocenters. The second kappa shape index (κ2) is 8.69. The van der Waals surface area contributed by atoms with Gasteiger partial charge < -0.3 is 4.74 Å². The van der Waals surface area contributed by atoms with E-state index in [1.54, 1.807) is 6.07 Å². The molecule has 2 aromatic rings. The van der Waals surface area contributed by atoms with Crippen molar-refractivity contribution in [3.63, 3.8) is 0 Å². The van der Waals surface area contributed by atoms with E-state index in [0.717, 1.165) is 17.4 Å². The van der Waals surface area contributed by atoms with Crippen LogP contribution in [0.2, 0.25) is 14.4 Å². The zero-order valence-corrected chi connectivity index (χ0v) is 17.1. The van der Waals surface area contributed by atoms with Crippen LogP contribution in [0.3, 0.4) is 0 Å². The molecule has 6 nitrogen and oxygen atoms in total. The van der Waals surface area contributed by atoms with E-state index in [9.17, 15) is 18.0 Å². The van der Waals surface area contributed by atoms with Gasteiger partial charge >= 0.3 is 5.97 Å². The zero-order valence-electron chi connectivity index (χ0n) is 13.2. The maximum Gasteiger partial charge on any atom is 0.324 e. The summed E-state index contributed by atoms with van der Waals surface area (Å²) in [6.45, 7) is 0.776. The number of nitrogens with one attached hydrogen (secondary N) is 1. The van der Waals surface area contributed by atoms with Gasteiger partial charge in [0.1, 0.15) is 6.04 Å². The Kier molecular flexibility index (Phi) is 7.06. The van der Waals surface area contributed by atoms with Crippen LogP contribution in [0.1, 0.15) is 16.6 Å². The van der Waals surface area contributed by atoms with Crippen LogP contribution in [0, 0.1) is 0 Å². The molecule has 11 heteroatoms. The van der Waals surface area contributed by atoms with Crippen molar-refractivity contribution >= 4 is 67.9 Å². The fourth-order valence-electron chi connectivity index (χ4n) is 1.79. The van der Waals surface area contributed by atoms with E-state index in [1.165, 1.54) is 25.1 Å². The van der Waals surface area contributed by atoms with Crippen molar-refractivity contribution in [1.29, 1.82) is 0 Å². The van der Waals surface area contributed by atoms with Gasteiger partial charge in [-0.1, -0.05) is 34.8 Å². The fourth-order valence-corrected chi connectivity index (χ4v) is 4.34. The van der Waals surface area contributed by atoms with Crippen LogP contribution in [0.15, 0.2) is 35.2 Å². The first-order valence-electron chi connectivity index (χ1n) is 7.02. The largest absolute Gasteiger partial charge is 0.456 e. The van der Waals surface area contributed by atoms with Crippen LogP contribution in [-0.2, 0) is 19.6 Å². The lowest BCUT2D eigenvalue weighted by atomic mass is 10.3. The summed E-state index contributed by atoms with van der Waals surface area (Å²) in [7, 11) is -4.03. The molecule has 1 N–H and O–H groups in total. The number of sulfonamides is 1.